The summed E-state index contributed by atoms with van der Waals surface area (Å²) in [5.74, 6) is -0.356. The number of rotatable bonds is 8. The molecule has 0 aromatic heterocycles. The van der Waals surface area contributed by atoms with Gasteiger partial charge in [-0.25, -0.2) is 4.79 Å². The topological polar surface area (TPSA) is 93.1 Å². The fourth-order valence-corrected chi connectivity index (χ4v) is 5.02. The third-order valence-electron chi connectivity index (χ3n) is 6.16. The zero-order chi connectivity index (χ0) is 26.6. The summed E-state index contributed by atoms with van der Waals surface area (Å²) in [5.41, 5.74) is 2.61. The van der Waals surface area contributed by atoms with Crippen LogP contribution in [0.4, 0.5) is 4.79 Å². The van der Waals surface area contributed by atoms with Gasteiger partial charge in [-0.1, -0.05) is 60.7 Å². The third kappa shape index (κ3) is 5.26. The summed E-state index contributed by atoms with van der Waals surface area (Å²) in [6.07, 6.45) is 1.67. The molecule has 0 aliphatic carbocycles. The second kappa shape index (κ2) is 10.8. The van der Waals surface area contributed by atoms with Gasteiger partial charge in [-0.05, 0) is 69.6 Å². The zero-order valence-corrected chi connectivity index (χ0v) is 21.2. The van der Waals surface area contributed by atoms with E-state index < -0.39 is 5.97 Å². The number of thioether (sulfide) groups is 1. The quantitative estimate of drug-likeness (QED) is 0.268. The van der Waals surface area contributed by atoms with Crippen LogP contribution < -0.4 is 9.47 Å². The number of benzene rings is 4. The van der Waals surface area contributed by atoms with E-state index in [2.05, 4.69) is 0 Å². The molecule has 1 aliphatic heterocycles. The van der Waals surface area contributed by atoms with Gasteiger partial charge in [-0.3, -0.25) is 14.5 Å². The Morgan fingerprint density at radius 3 is 2.47 bits per heavy atom. The van der Waals surface area contributed by atoms with Gasteiger partial charge in [0.2, 0.25) is 0 Å². The van der Waals surface area contributed by atoms with Crippen molar-refractivity contribution in [3.8, 4) is 11.5 Å². The van der Waals surface area contributed by atoms with E-state index in [0.717, 1.165) is 33.7 Å². The monoisotopic (exact) mass is 525 g/mol. The van der Waals surface area contributed by atoms with Gasteiger partial charge in [-0.15, -0.1) is 0 Å². The van der Waals surface area contributed by atoms with Crippen molar-refractivity contribution in [3.05, 3.63) is 112 Å². The van der Waals surface area contributed by atoms with Crippen LogP contribution in [0.15, 0.2) is 89.8 Å². The number of amides is 2. The van der Waals surface area contributed by atoms with E-state index in [1.54, 1.807) is 36.4 Å². The maximum atomic E-state index is 13.1. The fraction of sp³-hybridized carbons (Fsp3) is 0.100. The van der Waals surface area contributed by atoms with E-state index in [1.807, 2.05) is 42.5 Å². The Hall–Kier alpha value is -4.56. The molecule has 4 aromatic rings. The number of carbonyl (C=O) groups excluding carboxylic acids is 2. The third-order valence-corrected chi connectivity index (χ3v) is 7.07. The summed E-state index contributed by atoms with van der Waals surface area (Å²) < 4.78 is 11.3. The summed E-state index contributed by atoms with van der Waals surface area (Å²) in [6, 6.07) is 25.4. The van der Waals surface area contributed by atoms with Crippen molar-refractivity contribution in [1.29, 1.82) is 0 Å². The predicted octanol–water partition coefficient (Wildman–Crippen LogP) is 6.36. The molecule has 38 heavy (non-hydrogen) atoms. The molecule has 1 fully saturated rings. The van der Waals surface area contributed by atoms with Crippen LogP contribution in [0.1, 0.15) is 27.0 Å². The number of ether oxygens (including phenoxy) is 2. The first-order valence-electron chi connectivity index (χ1n) is 11.8. The molecule has 1 N–H and O–H groups in total. The molecule has 0 atom stereocenters. The van der Waals surface area contributed by atoms with Crippen LogP contribution in [-0.2, 0) is 17.9 Å². The highest BCUT2D eigenvalue weighted by Gasteiger charge is 2.35. The molecule has 0 saturated carbocycles. The minimum atomic E-state index is -0.985. The first-order chi connectivity index (χ1) is 18.4. The summed E-state index contributed by atoms with van der Waals surface area (Å²) >= 11 is 0.914. The van der Waals surface area contributed by atoms with Gasteiger partial charge in [0.25, 0.3) is 11.1 Å². The molecule has 4 aromatic carbocycles. The minimum Gasteiger partial charge on any atom is -0.493 e. The van der Waals surface area contributed by atoms with Crippen molar-refractivity contribution in [2.24, 2.45) is 0 Å². The van der Waals surface area contributed by atoms with E-state index in [0.29, 0.717) is 22.0 Å². The Labute approximate surface area is 223 Å². The normalized spacial score (nSPS) is 14.3. The van der Waals surface area contributed by atoms with Gasteiger partial charge in [0.15, 0.2) is 11.5 Å². The lowest BCUT2D eigenvalue weighted by Gasteiger charge is -2.14. The molecule has 5 rings (SSSR count). The van der Waals surface area contributed by atoms with Crippen molar-refractivity contribution in [1.82, 2.24) is 4.90 Å². The average Bonchev–Trinajstić information content (AvgIpc) is 3.19. The van der Waals surface area contributed by atoms with E-state index in [-0.39, 0.29) is 29.9 Å². The summed E-state index contributed by atoms with van der Waals surface area (Å²) in [6.45, 7) is 0.426. The minimum absolute atomic E-state index is 0.201. The lowest BCUT2D eigenvalue weighted by Crippen LogP contribution is -2.27. The van der Waals surface area contributed by atoms with Crippen LogP contribution in [0.5, 0.6) is 11.5 Å². The Morgan fingerprint density at radius 1 is 0.947 bits per heavy atom. The number of nitrogens with zero attached hydrogens (tertiary/aromatic N) is 1. The maximum Gasteiger partial charge on any atom is 0.335 e. The molecule has 0 bridgehead atoms. The van der Waals surface area contributed by atoms with E-state index in [4.69, 9.17) is 14.6 Å². The number of aromatic carboxylic acids is 1. The number of methoxy groups -OCH3 is 1. The second-order valence-electron chi connectivity index (χ2n) is 8.61. The van der Waals surface area contributed by atoms with Crippen LogP contribution >= 0.6 is 11.8 Å². The Balaban J connectivity index is 1.30. The number of hydrogen-bond acceptors (Lipinski definition) is 6. The summed E-state index contributed by atoms with van der Waals surface area (Å²) in [7, 11) is 1.52. The first-order valence-corrected chi connectivity index (χ1v) is 12.6. The number of carbonyl (C=O) groups is 3. The Kier molecular flexibility index (Phi) is 7.15. The molecule has 2 amide bonds. The fourth-order valence-electron chi connectivity index (χ4n) is 4.19. The molecular weight excluding hydrogens is 502 g/mol. The molecular formula is C30H23NO6S. The highest BCUT2D eigenvalue weighted by molar-refractivity contribution is 8.18. The lowest BCUT2D eigenvalue weighted by molar-refractivity contribution is -0.123. The number of carboxylic acids is 1. The number of imide groups is 1. The van der Waals surface area contributed by atoms with Crippen LogP contribution in [0.3, 0.4) is 0 Å². The van der Waals surface area contributed by atoms with Crippen molar-refractivity contribution in [2.45, 2.75) is 13.2 Å². The van der Waals surface area contributed by atoms with Gasteiger partial charge in [0.1, 0.15) is 6.61 Å². The molecule has 0 radical (unpaired) electrons. The molecule has 7 nitrogen and oxygen atoms in total. The highest BCUT2D eigenvalue weighted by atomic mass is 32.2. The largest absolute Gasteiger partial charge is 0.493 e. The van der Waals surface area contributed by atoms with E-state index in [1.165, 1.54) is 24.1 Å². The standard InChI is InChI=1S/C30H23NO6S/c1-36-26-15-20(11-14-25(26)37-18-19-9-12-22(13-10-19)29(33)34)16-27-28(32)31(30(35)38-27)17-23-7-4-6-21-5-2-3-8-24(21)23/h2-16H,17-18H2,1H3,(H,33,34)/b27-16+. The van der Waals surface area contributed by atoms with Crippen LogP contribution in [0, 0.1) is 0 Å². The molecule has 0 spiro atoms. The molecule has 1 saturated heterocycles. The van der Waals surface area contributed by atoms with Crippen molar-refractivity contribution >= 4 is 45.7 Å². The smallest absolute Gasteiger partial charge is 0.335 e. The summed E-state index contributed by atoms with van der Waals surface area (Å²) in [4.78, 5) is 38.5. The van der Waals surface area contributed by atoms with Gasteiger partial charge >= 0.3 is 5.97 Å². The zero-order valence-electron chi connectivity index (χ0n) is 20.4. The van der Waals surface area contributed by atoms with Crippen molar-refractivity contribution in [3.63, 3.8) is 0 Å². The van der Waals surface area contributed by atoms with Gasteiger partial charge in [0.05, 0.1) is 24.1 Å². The van der Waals surface area contributed by atoms with Crippen molar-refractivity contribution < 1.29 is 29.0 Å². The second-order valence-corrected chi connectivity index (χ2v) is 9.60. The Morgan fingerprint density at radius 2 is 1.71 bits per heavy atom. The SMILES string of the molecule is COc1cc(/C=C2/SC(=O)N(Cc3cccc4ccccc34)C2=O)ccc1OCc1ccc(C(=O)O)cc1. The van der Waals surface area contributed by atoms with E-state index >= 15 is 0 Å². The number of hydrogen-bond donors (Lipinski definition) is 1. The molecule has 1 heterocycles. The average molecular weight is 526 g/mol. The maximum absolute atomic E-state index is 13.1. The van der Waals surface area contributed by atoms with Crippen LogP contribution in [-0.4, -0.2) is 34.2 Å². The van der Waals surface area contributed by atoms with Gasteiger partial charge in [0, 0.05) is 0 Å². The Bertz CT molecular complexity index is 1570. The molecule has 8 heteroatoms. The lowest BCUT2D eigenvalue weighted by atomic mass is 10.0. The van der Waals surface area contributed by atoms with Gasteiger partial charge < -0.3 is 14.6 Å². The predicted molar refractivity (Wildman–Crippen MR) is 146 cm³/mol. The first kappa shape index (κ1) is 25.1. The molecule has 190 valence electrons. The highest BCUT2D eigenvalue weighted by Crippen LogP contribution is 2.36. The van der Waals surface area contributed by atoms with E-state index in [9.17, 15) is 14.4 Å². The summed E-state index contributed by atoms with van der Waals surface area (Å²) in [5, 5.41) is 10.8. The van der Waals surface area contributed by atoms with Crippen molar-refractivity contribution in [2.75, 3.05) is 7.11 Å². The molecule has 0 unspecified atom stereocenters. The number of carboxylic acid groups (broad SMARTS) is 1. The van der Waals surface area contributed by atoms with Crippen LogP contribution in [0.25, 0.3) is 16.8 Å². The van der Waals surface area contributed by atoms with Crippen LogP contribution in [0.2, 0.25) is 0 Å². The molecule has 1 aliphatic rings. The number of fused-ring (bicyclic) bond motifs is 1. The van der Waals surface area contributed by atoms with Gasteiger partial charge in [-0.2, -0.15) is 0 Å².